The molecule has 0 heterocycles. The van der Waals surface area contributed by atoms with Crippen LogP contribution in [0.3, 0.4) is 0 Å². The second-order valence-corrected chi connectivity index (χ2v) is 8.63. The molecular formula is C22H22N2O3S. The summed E-state index contributed by atoms with van der Waals surface area (Å²) in [5.74, 6) is -0.287. The van der Waals surface area contributed by atoms with E-state index in [4.69, 9.17) is 0 Å². The molecule has 0 aromatic heterocycles. The lowest BCUT2D eigenvalue weighted by Gasteiger charge is -2.15. The van der Waals surface area contributed by atoms with E-state index in [1.165, 1.54) is 20.2 Å². The molecule has 1 N–H and O–H groups in total. The van der Waals surface area contributed by atoms with E-state index in [-0.39, 0.29) is 17.3 Å². The van der Waals surface area contributed by atoms with E-state index in [1.807, 2.05) is 42.5 Å². The summed E-state index contributed by atoms with van der Waals surface area (Å²) in [5.41, 5.74) is 1.49. The van der Waals surface area contributed by atoms with Gasteiger partial charge in [0.05, 0.1) is 4.90 Å². The van der Waals surface area contributed by atoms with Crippen LogP contribution in [0.5, 0.6) is 0 Å². The van der Waals surface area contributed by atoms with Crippen molar-refractivity contribution in [2.24, 2.45) is 0 Å². The molecule has 6 heteroatoms. The minimum atomic E-state index is -3.57. The molecule has 5 nitrogen and oxygen atoms in total. The lowest BCUT2D eigenvalue weighted by molar-refractivity contribution is -0.116. The van der Waals surface area contributed by atoms with E-state index < -0.39 is 10.0 Å². The fourth-order valence-corrected chi connectivity index (χ4v) is 4.02. The van der Waals surface area contributed by atoms with Gasteiger partial charge in [-0.3, -0.25) is 4.79 Å². The minimum absolute atomic E-state index is 0.127. The van der Waals surface area contributed by atoms with E-state index >= 15 is 0 Å². The molecule has 0 fully saturated rings. The van der Waals surface area contributed by atoms with Gasteiger partial charge in [-0.1, -0.05) is 60.7 Å². The SMILES string of the molecule is CN(C)S(=O)(=O)c1ccccc1CNC(=O)/C=C/c1cccc2ccccc12. The van der Waals surface area contributed by atoms with Crippen molar-refractivity contribution < 1.29 is 13.2 Å². The summed E-state index contributed by atoms with van der Waals surface area (Å²) in [7, 11) is -0.604. The number of hydrogen-bond acceptors (Lipinski definition) is 3. The Labute approximate surface area is 165 Å². The van der Waals surface area contributed by atoms with Crippen LogP contribution in [0.25, 0.3) is 16.8 Å². The molecule has 0 aliphatic heterocycles. The topological polar surface area (TPSA) is 66.5 Å². The van der Waals surface area contributed by atoms with E-state index in [9.17, 15) is 13.2 Å². The molecule has 1 amide bonds. The van der Waals surface area contributed by atoms with Crippen LogP contribution >= 0.6 is 0 Å². The van der Waals surface area contributed by atoms with Crippen LogP contribution in [0.4, 0.5) is 0 Å². The number of carbonyl (C=O) groups is 1. The Kier molecular flexibility index (Phi) is 5.92. The maximum absolute atomic E-state index is 12.4. The predicted octanol–water partition coefficient (Wildman–Crippen LogP) is 3.42. The van der Waals surface area contributed by atoms with Crippen LogP contribution in [0.15, 0.2) is 77.7 Å². The van der Waals surface area contributed by atoms with Gasteiger partial charge >= 0.3 is 0 Å². The average Bonchev–Trinajstić information content (AvgIpc) is 2.70. The summed E-state index contributed by atoms with van der Waals surface area (Å²) in [6.45, 7) is 0.127. The van der Waals surface area contributed by atoms with Crippen molar-refractivity contribution in [3.8, 4) is 0 Å². The van der Waals surface area contributed by atoms with Gasteiger partial charge in [-0.05, 0) is 34.0 Å². The molecule has 0 aliphatic carbocycles. The highest BCUT2D eigenvalue weighted by Crippen LogP contribution is 2.20. The Balaban J connectivity index is 1.74. The molecule has 3 aromatic rings. The lowest BCUT2D eigenvalue weighted by Crippen LogP contribution is -2.26. The molecule has 0 aliphatic rings. The summed E-state index contributed by atoms with van der Waals surface area (Å²) in [6.07, 6.45) is 3.23. The number of benzene rings is 3. The van der Waals surface area contributed by atoms with Gasteiger partial charge in [-0.15, -0.1) is 0 Å². The Morgan fingerprint density at radius 1 is 0.964 bits per heavy atom. The van der Waals surface area contributed by atoms with Crippen molar-refractivity contribution in [2.75, 3.05) is 14.1 Å². The molecule has 0 unspecified atom stereocenters. The summed E-state index contributed by atoms with van der Waals surface area (Å²) in [5, 5.41) is 4.93. The fraction of sp³-hybridized carbons (Fsp3) is 0.136. The molecular weight excluding hydrogens is 372 g/mol. The fourth-order valence-electron chi connectivity index (χ4n) is 2.90. The van der Waals surface area contributed by atoms with Gasteiger partial charge in [-0.25, -0.2) is 12.7 Å². The molecule has 0 bridgehead atoms. The van der Waals surface area contributed by atoms with Crippen molar-refractivity contribution in [1.82, 2.24) is 9.62 Å². The van der Waals surface area contributed by atoms with Crippen molar-refractivity contribution in [3.63, 3.8) is 0 Å². The smallest absolute Gasteiger partial charge is 0.244 e. The number of nitrogens with one attached hydrogen (secondary N) is 1. The van der Waals surface area contributed by atoms with Gasteiger partial charge in [0.15, 0.2) is 0 Å². The number of rotatable bonds is 6. The first-order valence-electron chi connectivity index (χ1n) is 8.84. The Morgan fingerprint density at radius 2 is 1.64 bits per heavy atom. The highest BCUT2D eigenvalue weighted by atomic mass is 32.2. The highest BCUT2D eigenvalue weighted by molar-refractivity contribution is 7.89. The maximum atomic E-state index is 12.4. The number of sulfonamides is 1. The number of nitrogens with zero attached hydrogens (tertiary/aromatic N) is 1. The molecule has 28 heavy (non-hydrogen) atoms. The van der Waals surface area contributed by atoms with Gasteiger partial charge in [0.1, 0.15) is 0 Å². The van der Waals surface area contributed by atoms with E-state index in [0.29, 0.717) is 5.56 Å². The first-order valence-corrected chi connectivity index (χ1v) is 10.3. The second-order valence-electron chi connectivity index (χ2n) is 6.51. The summed E-state index contributed by atoms with van der Waals surface area (Å²) in [6, 6.07) is 20.5. The van der Waals surface area contributed by atoms with Crippen molar-refractivity contribution in [3.05, 3.63) is 83.9 Å². The van der Waals surface area contributed by atoms with Crippen LogP contribution in [0, 0.1) is 0 Å². The number of hydrogen-bond donors (Lipinski definition) is 1. The van der Waals surface area contributed by atoms with E-state index in [0.717, 1.165) is 20.6 Å². The normalized spacial score (nSPS) is 12.0. The average molecular weight is 394 g/mol. The monoisotopic (exact) mass is 394 g/mol. The Hall–Kier alpha value is -2.96. The van der Waals surface area contributed by atoms with Crippen molar-refractivity contribution in [2.45, 2.75) is 11.4 Å². The van der Waals surface area contributed by atoms with Gasteiger partial charge < -0.3 is 5.32 Å². The first-order chi connectivity index (χ1) is 13.4. The van der Waals surface area contributed by atoms with Crippen LogP contribution in [-0.4, -0.2) is 32.7 Å². The van der Waals surface area contributed by atoms with Crippen molar-refractivity contribution in [1.29, 1.82) is 0 Å². The number of amides is 1. The van der Waals surface area contributed by atoms with Gasteiger partial charge in [0.2, 0.25) is 15.9 Å². The molecule has 144 valence electrons. The summed E-state index contributed by atoms with van der Waals surface area (Å²) in [4.78, 5) is 12.5. The predicted molar refractivity (Wildman–Crippen MR) is 112 cm³/mol. The Morgan fingerprint density at radius 3 is 2.43 bits per heavy atom. The highest BCUT2D eigenvalue weighted by Gasteiger charge is 2.20. The van der Waals surface area contributed by atoms with Crippen LogP contribution in [0.2, 0.25) is 0 Å². The standard InChI is InChI=1S/C22H22N2O3S/c1-24(2)28(26,27)21-13-6-4-9-19(21)16-23-22(25)15-14-18-11-7-10-17-8-3-5-12-20(17)18/h3-15H,16H2,1-2H3,(H,23,25)/b15-14+. The van der Waals surface area contributed by atoms with E-state index in [1.54, 1.807) is 30.3 Å². The zero-order valence-electron chi connectivity index (χ0n) is 15.8. The third kappa shape index (κ3) is 4.30. The zero-order valence-corrected chi connectivity index (χ0v) is 16.6. The molecule has 0 saturated heterocycles. The summed E-state index contributed by atoms with van der Waals surface area (Å²) >= 11 is 0. The number of fused-ring (bicyclic) bond motifs is 1. The third-order valence-electron chi connectivity index (χ3n) is 4.42. The molecule has 3 rings (SSSR count). The largest absolute Gasteiger partial charge is 0.348 e. The quantitative estimate of drug-likeness (QED) is 0.652. The van der Waals surface area contributed by atoms with Crippen LogP contribution in [-0.2, 0) is 21.4 Å². The van der Waals surface area contributed by atoms with Crippen LogP contribution in [0.1, 0.15) is 11.1 Å². The zero-order chi connectivity index (χ0) is 20.1. The molecule has 0 spiro atoms. The van der Waals surface area contributed by atoms with Gasteiger partial charge in [0.25, 0.3) is 0 Å². The van der Waals surface area contributed by atoms with Crippen molar-refractivity contribution >= 4 is 32.8 Å². The Bertz CT molecular complexity index is 1130. The first kappa shape index (κ1) is 19.8. The van der Waals surface area contributed by atoms with Gasteiger partial charge in [0, 0.05) is 26.7 Å². The van der Waals surface area contributed by atoms with Gasteiger partial charge in [-0.2, -0.15) is 0 Å². The third-order valence-corrected chi connectivity index (χ3v) is 6.34. The molecule has 0 atom stereocenters. The van der Waals surface area contributed by atoms with E-state index in [2.05, 4.69) is 5.32 Å². The summed E-state index contributed by atoms with van der Waals surface area (Å²) < 4.78 is 26.0. The second kappa shape index (κ2) is 8.37. The lowest BCUT2D eigenvalue weighted by atomic mass is 10.0. The van der Waals surface area contributed by atoms with Crippen LogP contribution < -0.4 is 5.32 Å². The minimum Gasteiger partial charge on any atom is -0.348 e. The maximum Gasteiger partial charge on any atom is 0.244 e. The number of carbonyl (C=O) groups excluding carboxylic acids is 1. The molecule has 0 radical (unpaired) electrons. The molecule has 3 aromatic carbocycles. The molecule has 0 saturated carbocycles.